The smallest absolute Gasteiger partial charge is 0.305 e. The van der Waals surface area contributed by atoms with E-state index in [1.807, 2.05) is 0 Å². The summed E-state index contributed by atoms with van der Waals surface area (Å²) in [6.07, 6.45) is 4.82. The number of halogens is 1. The predicted molar refractivity (Wildman–Crippen MR) is 72.3 cm³/mol. The monoisotopic (exact) mass is 327 g/mol. The van der Waals surface area contributed by atoms with E-state index in [-0.39, 0.29) is 18.4 Å². The molecule has 2 rings (SSSR count). The summed E-state index contributed by atoms with van der Waals surface area (Å²) in [5, 5.41) is 11.5. The van der Waals surface area contributed by atoms with Crippen LogP contribution in [0.3, 0.4) is 0 Å². The van der Waals surface area contributed by atoms with Crippen molar-refractivity contribution in [3.8, 4) is 0 Å². The van der Waals surface area contributed by atoms with Gasteiger partial charge in [-0.2, -0.15) is 0 Å². The van der Waals surface area contributed by atoms with Crippen LogP contribution in [0.1, 0.15) is 25.0 Å². The molecule has 2 N–H and O–H groups in total. The van der Waals surface area contributed by atoms with E-state index in [0.717, 1.165) is 12.8 Å². The fraction of sp³-hybridized carbons (Fsp3) is 0.385. The SMILES string of the molecule is O=C(O)CC(NC(=O)/C=C/c1ccc(Br)o1)C1CC1. The van der Waals surface area contributed by atoms with Gasteiger partial charge in [-0.15, -0.1) is 0 Å². The van der Waals surface area contributed by atoms with Crippen LogP contribution in [-0.2, 0) is 9.59 Å². The molecule has 5 nitrogen and oxygen atoms in total. The van der Waals surface area contributed by atoms with E-state index in [9.17, 15) is 9.59 Å². The summed E-state index contributed by atoms with van der Waals surface area (Å²) >= 11 is 3.17. The van der Waals surface area contributed by atoms with Gasteiger partial charge in [0, 0.05) is 12.1 Å². The first-order chi connectivity index (χ1) is 9.04. The molecule has 1 atom stereocenters. The molecule has 0 aromatic carbocycles. The molecule has 1 fully saturated rings. The normalized spacial score (nSPS) is 16.5. The summed E-state index contributed by atoms with van der Waals surface area (Å²) < 4.78 is 5.81. The van der Waals surface area contributed by atoms with Gasteiger partial charge in [-0.1, -0.05) is 0 Å². The van der Waals surface area contributed by atoms with Gasteiger partial charge in [-0.05, 0) is 52.9 Å². The van der Waals surface area contributed by atoms with Gasteiger partial charge in [0.1, 0.15) is 5.76 Å². The van der Waals surface area contributed by atoms with Crippen LogP contribution in [0.2, 0.25) is 0 Å². The maximum Gasteiger partial charge on any atom is 0.305 e. The van der Waals surface area contributed by atoms with Crippen molar-refractivity contribution in [1.29, 1.82) is 0 Å². The lowest BCUT2D eigenvalue weighted by atomic mass is 10.1. The number of carbonyl (C=O) groups is 2. The molecular weight excluding hydrogens is 314 g/mol. The summed E-state index contributed by atoms with van der Waals surface area (Å²) in [5.41, 5.74) is 0. The van der Waals surface area contributed by atoms with Crippen molar-refractivity contribution < 1.29 is 19.1 Å². The highest BCUT2D eigenvalue weighted by Gasteiger charge is 2.33. The molecule has 1 amide bonds. The number of aliphatic carboxylic acids is 1. The minimum Gasteiger partial charge on any atom is -0.481 e. The zero-order chi connectivity index (χ0) is 13.8. The van der Waals surface area contributed by atoms with Crippen LogP contribution in [-0.4, -0.2) is 23.0 Å². The standard InChI is InChI=1S/C13H14BrNO4/c14-11-5-3-9(19-11)4-6-12(16)15-10(7-13(17)18)8-1-2-8/h3-6,8,10H,1-2,7H2,(H,15,16)(H,17,18)/b6-4+. The quantitative estimate of drug-likeness (QED) is 0.786. The number of nitrogens with one attached hydrogen (secondary N) is 1. The van der Waals surface area contributed by atoms with Crippen molar-refractivity contribution in [1.82, 2.24) is 5.32 Å². The van der Waals surface area contributed by atoms with E-state index < -0.39 is 5.97 Å². The number of carboxylic acids is 1. The molecule has 1 unspecified atom stereocenters. The number of amides is 1. The molecule has 102 valence electrons. The van der Waals surface area contributed by atoms with Crippen LogP contribution in [0.5, 0.6) is 0 Å². The van der Waals surface area contributed by atoms with Crippen molar-refractivity contribution in [3.63, 3.8) is 0 Å². The van der Waals surface area contributed by atoms with Crippen LogP contribution in [0.15, 0.2) is 27.3 Å². The highest BCUT2D eigenvalue weighted by Crippen LogP contribution is 2.34. The third-order valence-corrected chi connectivity index (χ3v) is 3.33. The lowest BCUT2D eigenvalue weighted by Gasteiger charge is -2.14. The Hall–Kier alpha value is -1.56. The van der Waals surface area contributed by atoms with Crippen LogP contribution in [0.4, 0.5) is 0 Å². The molecule has 6 heteroatoms. The van der Waals surface area contributed by atoms with Gasteiger partial charge in [0.15, 0.2) is 4.67 Å². The Morgan fingerprint density at radius 1 is 1.53 bits per heavy atom. The van der Waals surface area contributed by atoms with E-state index in [1.54, 1.807) is 18.2 Å². The van der Waals surface area contributed by atoms with Crippen LogP contribution < -0.4 is 5.32 Å². The summed E-state index contributed by atoms with van der Waals surface area (Å²) in [5.74, 6) is -0.337. The van der Waals surface area contributed by atoms with E-state index in [2.05, 4.69) is 21.2 Å². The largest absolute Gasteiger partial charge is 0.481 e. The van der Waals surface area contributed by atoms with Crippen molar-refractivity contribution >= 4 is 33.9 Å². The Balaban J connectivity index is 1.88. The van der Waals surface area contributed by atoms with Gasteiger partial charge in [-0.3, -0.25) is 9.59 Å². The maximum absolute atomic E-state index is 11.7. The number of furan rings is 1. The van der Waals surface area contributed by atoms with Crippen molar-refractivity contribution in [3.05, 3.63) is 28.6 Å². The number of hydrogen-bond acceptors (Lipinski definition) is 3. The zero-order valence-electron chi connectivity index (χ0n) is 10.1. The molecular formula is C13H14BrNO4. The first kappa shape index (κ1) is 13.9. The lowest BCUT2D eigenvalue weighted by Crippen LogP contribution is -2.37. The van der Waals surface area contributed by atoms with Crippen LogP contribution in [0.25, 0.3) is 6.08 Å². The fourth-order valence-corrected chi connectivity index (χ4v) is 2.15. The molecule has 0 bridgehead atoms. The molecule has 1 aliphatic carbocycles. The van der Waals surface area contributed by atoms with Gasteiger partial charge >= 0.3 is 5.97 Å². The molecule has 1 aliphatic rings. The van der Waals surface area contributed by atoms with Crippen molar-refractivity contribution in [2.45, 2.75) is 25.3 Å². The average molecular weight is 328 g/mol. The Morgan fingerprint density at radius 3 is 2.79 bits per heavy atom. The van der Waals surface area contributed by atoms with Crippen LogP contribution in [0, 0.1) is 5.92 Å². The molecule has 0 aliphatic heterocycles. The van der Waals surface area contributed by atoms with Crippen LogP contribution >= 0.6 is 15.9 Å². The maximum atomic E-state index is 11.7. The fourth-order valence-electron chi connectivity index (χ4n) is 1.83. The Morgan fingerprint density at radius 2 is 2.26 bits per heavy atom. The molecule has 19 heavy (non-hydrogen) atoms. The minimum atomic E-state index is -0.892. The first-order valence-electron chi connectivity index (χ1n) is 6.00. The number of rotatable bonds is 6. The number of hydrogen-bond donors (Lipinski definition) is 2. The zero-order valence-corrected chi connectivity index (χ0v) is 11.7. The summed E-state index contributed by atoms with van der Waals surface area (Å²) in [4.78, 5) is 22.4. The molecule has 1 heterocycles. The van der Waals surface area contributed by atoms with Crippen molar-refractivity contribution in [2.24, 2.45) is 5.92 Å². The molecule has 0 saturated heterocycles. The van der Waals surface area contributed by atoms with E-state index in [1.165, 1.54) is 6.08 Å². The summed E-state index contributed by atoms with van der Waals surface area (Å²) in [6, 6.07) is 3.18. The van der Waals surface area contributed by atoms with Gasteiger partial charge in [0.25, 0.3) is 0 Å². The van der Waals surface area contributed by atoms with E-state index in [0.29, 0.717) is 16.3 Å². The Kier molecular flexibility index (Phi) is 4.42. The van der Waals surface area contributed by atoms with Gasteiger partial charge < -0.3 is 14.8 Å². The molecule has 1 saturated carbocycles. The summed E-state index contributed by atoms with van der Waals surface area (Å²) in [7, 11) is 0. The molecule has 1 aromatic rings. The Labute approximate surface area is 118 Å². The van der Waals surface area contributed by atoms with Gasteiger partial charge in [0.2, 0.25) is 5.91 Å². The highest BCUT2D eigenvalue weighted by atomic mass is 79.9. The second kappa shape index (κ2) is 6.06. The highest BCUT2D eigenvalue weighted by molar-refractivity contribution is 9.10. The second-order valence-corrected chi connectivity index (χ2v) is 5.31. The third kappa shape index (κ3) is 4.55. The van der Waals surface area contributed by atoms with Gasteiger partial charge in [-0.25, -0.2) is 0 Å². The third-order valence-electron chi connectivity index (χ3n) is 2.91. The average Bonchev–Trinajstić information content (AvgIpc) is 3.09. The topological polar surface area (TPSA) is 79.5 Å². The minimum absolute atomic E-state index is 0.0312. The summed E-state index contributed by atoms with van der Waals surface area (Å²) in [6.45, 7) is 0. The van der Waals surface area contributed by atoms with Gasteiger partial charge in [0.05, 0.1) is 6.42 Å². The molecule has 1 aromatic heterocycles. The predicted octanol–water partition coefficient (Wildman–Crippen LogP) is 2.42. The number of carbonyl (C=O) groups excluding carboxylic acids is 1. The van der Waals surface area contributed by atoms with Crippen molar-refractivity contribution in [2.75, 3.05) is 0 Å². The van der Waals surface area contributed by atoms with E-state index >= 15 is 0 Å². The first-order valence-corrected chi connectivity index (χ1v) is 6.79. The lowest BCUT2D eigenvalue weighted by molar-refractivity contribution is -0.137. The molecule has 0 radical (unpaired) electrons. The second-order valence-electron chi connectivity index (χ2n) is 4.53. The number of carboxylic acid groups (broad SMARTS) is 1. The Bertz CT molecular complexity index is 504. The molecule has 0 spiro atoms. The van der Waals surface area contributed by atoms with E-state index in [4.69, 9.17) is 9.52 Å².